The summed E-state index contributed by atoms with van der Waals surface area (Å²) in [6.07, 6.45) is 1.75. The van der Waals surface area contributed by atoms with Gasteiger partial charge in [-0.15, -0.1) is 0 Å². The largest absolute Gasteiger partial charge is 0.496 e. The summed E-state index contributed by atoms with van der Waals surface area (Å²) in [5, 5.41) is 8.78. The first-order chi connectivity index (χ1) is 7.19. The molecule has 1 rings (SSSR count). The van der Waals surface area contributed by atoms with E-state index in [9.17, 15) is 0 Å². The lowest BCUT2D eigenvalue weighted by molar-refractivity contribution is 0.288. The van der Waals surface area contributed by atoms with Gasteiger partial charge in [0.2, 0.25) is 0 Å². The van der Waals surface area contributed by atoms with Crippen LogP contribution in [0.3, 0.4) is 0 Å². The summed E-state index contributed by atoms with van der Waals surface area (Å²) in [5.74, 6) is 1.42. The second kappa shape index (κ2) is 5.76. The molecule has 2 heteroatoms. The van der Waals surface area contributed by atoms with Crippen LogP contribution >= 0.6 is 0 Å². The Kier molecular flexibility index (Phi) is 4.63. The van der Waals surface area contributed by atoms with Crippen LogP contribution in [0.2, 0.25) is 0 Å². The zero-order chi connectivity index (χ0) is 11.3. The van der Waals surface area contributed by atoms with E-state index in [0.717, 1.165) is 18.6 Å². The van der Waals surface area contributed by atoms with Crippen molar-refractivity contribution in [2.24, 2.45) is 0 Å². The predicted molar refractivity (Wildman–Crippen MR) is 62.5 cm³/mol. The standard InChI is InChI=1S/C13H20O2/c1-10(2)12-9-11(5-4-8-14)6-7-13(12)15-3/h6-7,9-10,14H,4-5,8H2,1-3H3. The van der Waals surface area contributed by atoms with Gasteiger partial charge in [-0.25, -0.2) is 0 Å². The first-order valence-electron chi connectivity index (χ1n) is 5.46. The Bertz CT molecular complexity index is 305. The molecule has 0 atom stereocenters. The monoisotopic (exact) mass is 208 g/mol. The molecule has 0 saturated carbocycles. The highest BCUT2D eigenvalue weighted by Crippen LogP contribution is 2.27. The van der Waals surface area contributed by atoms with Crippen LogP contribution in [-0.4, -0.2) is 18.8 Å². The van der Waals surface area contributed by atoms with Crippen LogP contribution in [0.5, 0.6) is 5.75 Å². The van der Waals surface area contributed by atoms with Crippen LogP contribution in [0.25, 0.3) is 0 Å². The summed E-state index contributed by atoms with van der Waals surface area (Å²) in [4.78, 5) is 0. The fourth-order valence-electron chi connectivity index (χ4n) is 1.67. The number of aliphatic hydroxyl groups is 1. The molecule has 0 amide bonds. The maximum absolute atomic E-state index is 8.78. The fraction of sp³-hybridized carbons (Fsp3) is 0.538. The Hall–Kier alpha value is -1.02. The van der Waals surface area contributed by atoms with Crippen molar-refractivity contribution in [3.05, 3.63) is 29.3 Å². The first kappa shape index (κ1) is 12.1. The predicted octanol–water partition coefficient (Wildman–Crippen LogP) is 2.74. The van der Waals surface area contributed by atoms with E-state index in [1.807, 2.05) is 6.07 Å². The van der Waals surface area contributed by atoms with Crippen LogP contribution in [0, 0.1) is 0 Å². The van der Waals surface area contributed by atoms with Crippen molar-refractivity contribution in [2.75, 3.05) is 13.7 Å². The molecule has 1 N–H and O–H groups in total. The lowest BCUT2D eigenvalue weighted by Crippen LogP contribution is -1.97. The second-order valence-electron chi connectivity index (χ2n) is 4.06. The number of aliphatic hydroxyl groups excluding tert-OH is 1. The van der Waals surface area contributed by atoms with Gasteiger partial charge < -0.3 is 9.84 Å². The van der Waals surface area contributed by atoms with Gasteiger partial charge in [-0.05, 0) is 36.0 Å². The number of methoxy groups -OCH3 is 1. The van der Waals surface area contributed by atoms with Gasteiger partial charge in [-0.1, -0.05) is 26.0 Å². The van der Waals surface area contributed by atoms with E-state index in [2.05, 4.69) is 26.0 Å². The van der Waals surface area contributed by atoms with Crippen molar-refractivity contribution >= 4 is 0 Å². The van der Waals surface area contributed by atoms with E-state index in [1.165, 1.54) is 11.1 Å². The number of aryl methyl sites for hydroxylation is 1. The number of rotatable bonds is 5. The molecule has 84 valence electrons. The summed E-state index contributed by atoms with van der Waals surface area (Å²) in [7, 11) is 1.70. The number of ether oxygens (including phenoxy) is 1. The van der Waals surface area contributed by atoms with Crippen LogP contribution in [0.1, 0.15) is 37.3 Å². The molecule has 0 heterocycles. The molecule has 0 aromatic heterocycles. The van der Waals surface area contributed by atoms with E-state index in [1.54, 1.807) is 7.11 Å². The molecule has 0 radical (unpaired) electrons. The third kappa shape index (κ3) is 3.24. The maximum Gasteiger partial charge on any atom is 0.122 e. The van der Waals surface area contributed by atoms with Crippen molar-refractivity contribution < 1.29 is 9.84 Å². The topological polar surface area (TPSA) is 29.5 Å². The lowest BCUT2D eigenvalue weighted by Gasteiger charge is -2.13. The van der Waals surface area contributed by atoms with Gasteiger partial charge in [0.05, 0.1) is 7.11 Å². The molecule has 0 aliphatic heterocycles. The third-order valence-electron chi connectivity index (χ3n) is 2.54. The molecular weight excluding hydrogens is 188 g/mol. The average molecular weight is 208 g/mol. The number of hydrogen-bond acceptors (Lipinski definition) is 2. The second-order valence-corrected chi connectivity index (χ2v) is 4.06. The van der Waals surface area contributed by atoms with E-state index in [-0.39, 0.29) is 6.61 Å². The van der Waals surface area contributed by atoms with Gasteiger partial charge in [0.15, 0.2) is 0 Å². The Balaban J connectivity index is 2.89. The SMILES string of the molecule is COc1ccc(CCCO)cc1C(C)C. The molecule has 1 aromatic rings. The van der Waals surface area contributed by atoms with Gasteiger partial charge >= 0.3 is 0 Å². The highest BCUT2D eigenvalue weighted by Gasteiger charge is 2.07. The van der Waals surface area contributed by atoms with Crippen molar-refractivity contribution in [3.8, 4) is 5.75 Å². The molecule has 1 aromatic carbocycles. The molecule has 0 fully saturated rings. The Morgan fingerprint density at radius 2 is 2.07 bits per heavy atom. The molecule has 0 bridgehead atoms. The average Bonchev–Trinajstić information content (AvgIpc) is 2.25. The van der Waals surface area contributed by atoms with Crippen molar-refractivity contribution in [3.63, 3.8) is 0 Å². The van der Waals surface area contributed by atoms with Crippen LogP contribution in [-0.2, 0) is 6.42 Å². The fourth-order valence-corrected chi connectivity index (χ4v) is 1.67. The van der Waals surface area contributed by atoms with Crippen LogP contribution in [0.4, 0.5) is 0 Å². The Labute approximate surface area is 91.9 Å². The smallest absolute Gasteiger partial charge is 0.122 e. The summed E-state index contributed by atoms with van der Waals surface area (Å²) in [6.45, 7) is 4.57. The third-order valence-corrected chi connectivity index (χ3v) is 2.54. The van der Waals surface area contributed by atoms with Gasteiger partial charge in [0.25, 0.3) is 0 Å². The number of hydrogen-bond donors (Lipinski definition) is 1. The zero-order valence-corrected chi connectivity index (χ0v) is 9.79. The molecule has 2 nitrogen and oxygen atoms in total. The minimum atomic E-state index is 0.253. The first-order valence-corrected chi connectivity index (χ1v) is 5.46. The van der Waals surface area contributed by atoms with Gasteiger partial charge in [0.1, 0.15) is 5.75 Å². The Morgan fingerprint density at radius 1 is 1.33 bits per heavy atom. The summed E-state index contributed by atoms with van der Waals surface area (Å²) in [5.41, 5.74) is 2.52. The molecule has 0 spiro atoms. The minimum Gasteiger partial charge on any atom is -0.496 e. The van der Waals surface area contributed by atoms with Crippen molar-refractivity contribution in [1.29, 1.82) is 0 Å². The van der Waals surface area contributed by atoms with E-state index in [0.29, 0.717) is 5.92 Å². The minimum absolute atomic E-state index is 0.253. The van der Waals surface area contributed by atoms with Crippen LogP contribution in [0.15, 0.2) is 18.2 Å². The van der Waals surface area contributed by atoms with Crippen molar-refractivity contribution in [2.45, 2.75) is 32.6 Å². The highest BCUT2D eigenvalue weighted by atomic mass is 16.5. The maximum atomic E-state index is 8.78. The van der Waals surface area contributed by atoms with Gasteiger partial charge in [0, 0.05) is 6.61 Å². The summed E-state index contributed by atoms with van der Waals surface area (Å²) < 4.78 is 5.32. The normalized spacial score (nSPS) is 10.7. The summed E-state index contributed by atoms with van der Waals surface area (Å²) >= 11 is 0. The van der Waals surface area contributed by atoms with E-state index in [4.69, 9.17) is 9.84 Å². The quantitative estimate of drug-likeness (QED) is 0.806. The van der Waals surface area contributed by atoms with Gasteiger partial charge in [-0.2, -0.15) is 0 Å². The number of benzene rings is 1. The van der Waals surface area contributed by atoms with Gasteiger partial charge in [-0.3, -0.25) is 0 Å². The highest BCUT2D eigenvalue weighted by molar-refractivity contribution is 5.39. The zero-order valence-electron chi connectivity index (χ0n) is 9.79. The molecular formula is C13H20O2. The molecule has 0 aliphatic carbocycles. The summed E-state index contributed by atoms with van der Waals surface area (Å²) in [6, 6.07) is 6.27. The van der Waals surface area contributed by atoms with Crippen LogP contribution < -0.4 is 4.74 Å². The lowest BCUT2D eigenvalue weighted by atomic mass is 9.98. The van der Waals surface area contributed by atoms with E-state index < -0.39 is 0 Å². The molecule has 0 unspecified atom stereocenters. The van der Waals surface area contributed by atoms with Crippen molar-refractivity contribution in [1.82, 2.24) is 0 Å². The molecule has 0 saturated heterocycles. The Morgan fingerprint density at radius 3 is 2.60 bits per heavy atom. The molecule has 15 heavy (non-hydrogen) atoms. The molecule has 0 aliphatic rings. The van der Waals surface area contributed by atoms with E-state index >= 15 is 0 Å².